The first kappa shape index (κ1) is 18.7. The van der Waals surface area contributed by atoms with E-state index >= 15 is 0 Å². The highest BCUT2D eigenvalue weighted by Crippen LogP contribution is 2.12. The number of rotatable bonds is 7. The molecule has 1 amide bonds. The summed E-state index contributed by atoms with van der Waals surface area (Å²) in [7, 11) is 0. The Morgan fingerprint density at radius 3 is 2.48 bits per heavy atom. The molecule has 0 aliphatic rings. The number of pyridine rings is 1. The molecule has 0 bridgehead atoms. The summed E-state index contributed by atoms with van der Waals surface area (Å²) in [5, 5.41) is 21.0. The summed E-state index contributed by atoms with van der Waals surface area (Å²) in [4.78, 5) is 16.3. The van der Waals surface area contributed by atoms with Crippen molar-refractivity contribution in [2.45, 2.75) is 32.9 Å². The van der Waals surface area contributed by atoms with Gasteiger partial charge in [0.1, 0.15) is 0 Å². The Labute approximate surface area is 158 Å². The van der Waals surface area contributed by atoms with Crippen molar-refractivity contribution < 1.29 is 9.90 Å². The van der Waals surface area contributed by atoms with Gasteiger partial charge in [0.2, 0.25) is 0 Å². The van der Waals surface area contributed by atoms with Crippen LogP contribution in [0.4, 0.5) is 0 Å². The van der Waals surface area contributed by atoms with Crippen molar-refractivity contribution in [1.29, 1.82) is 0 Å². The number of nitrogens with one attached hydrogen (secondary N) is 1. The molecular weight excluding hydrogens is 342 g/mol. The van der Waals surface area contributed by atoms with E-state index in [1.807, 2.05) is 6.92 Å². The number of aryl methyl sites for hydroxylation is 1. The van der Waals surface area contributed by atoms with E-state index in [4.69, 9.17) is 0 Å². The summed E-state index contributed by atoms with van der Waals surface area (Å²) < 4.78 is 1.70. The van der Waals surface area contributed by atoms with Crippen molar-refractivity contribution >= 4 is 5.91 Å². The van der Waals surface area contributed by atoms with Crippen LogP contribution in [0, 0.1) is 6.92 Å². The fraction of sp³-hybridized carbons (Fsp3) is 0.300. The molecule has 0 fully saturated rings. The summed E-state index contributed by atoms with van der Waals surface area (Å²) in [5.41, 5.74) is 4.02. The summed E-state index contributed by atoms with van der Waals surface area (Å²) in [6.07, 6.45) is 3.40. The lowest BCUT2D eigenvalue weighted by Crippen LogP contribution is -2.29. The van der Waals surface area contributed by atoms with Crippen LogP contribution < -0.4 is 5.32 Å². The normalized spacial score (nSPS) is 12.0. The lowest BCUT2D eigenvalue weighted by molar-refractivity contribution is 0.0910. The van der Waals surface area contributed by atoms with Gasteiger partial charge in [0, 0.05) is 18.9 Å². The number of benzene rings is 1. The second-order valence-electron chi connectivity index (χ2n) is 6.36. The molecule has 0 saturated heterocycles. The van der Waals surface area contributed by atoms with Crippen molar-refractivity contribution in [3.63, 3.8) is 0 Å². The topological polar surface area (TPSA) is 92.9 Å². The average molecular weight is 365 g/mol. The van der Waals surface area contributed by atoms with Crippen molar-refractivity contribution in [1.82, 2.24) is 25.3 Å². The van der Waals surface area contributed by atoms with E-state index in [-0.39, 0.29) is 18.1 Å². The quantitative estimate of drug-likeness (QED) is 0.668. The van der Waals surface area contributed by atoms with Crippen molar-refractivity contribution in [2.24, 2.45) is 0 Å². The van der Waals surface area contributed by atoms with Gasteiger partial charge in [-0.1, -0.05) is 36.4 Å². The Hall–Kier alpha value is -3.06. The Bertz CT molecular complexity index is 890. The lowest BCUT2D eigenvalue weighted by Gasteiger charge is -2.11. The third-order valence-electron chi connectivity index (χ3n) is 4.51. The largest absolute Gasteiger partial charge is 0.387 e. The molecule has 7 nitrogen and oxygen atoms in total. The molecule has 0 spiro atoms. The number of carbonyl (C=O) groups excluding carboxylic acids is 1. The minimum Gasteiger partial charge on any atom is -0.387 e. The number of hydrogen-bond donors (Lipinski definition) is 2. The number of aliphatic hydroxyl groups is 1. The maximum atomic E-state index is 12.4. The lowest BCUT2D eigenvalue weighted by atomic mass is 10.1. The average Bonchev–Trinajstić information content (AvgIpc) is 3.07. The van der Waals surface area contributed by atoms with E-state index in [0.717, 1.165) is 12.0 Å². The fourth-order valence-corrected chi connectivity index (χ4v) is 2.75. The van der Waals surface area contributed by atoms with Gasteiger partial charge in [0.15, 0.2) is 5.69 Å². The molecule has 2 heterocycles. The van der Waals surface area contributed by atoms with Crippen LogP contribution in [0.1, 0.15) is 45.9 Å². The fourth-order valence-electron chi connectivity index (χ4n) is 2.75. The van der Waals surface area contributed by atoms with Gasteiger partial charge < -0.3 is 10.4 Å². The first-order valence-electron chi connectivity index (χ1n) is 8.92. The maximum Gasteiger partial charge on any atom is 0.273 e. The molecule has 140 valence electrons. The number of aromatic nitrogens is 4. The van der Waals surface area contributed by atoms with Gasteiger partial charge in [0.25, 0.3) is 5.91 Å². The highest BCUT2D eigenvalue weighted by Gasteiger charge is 2.18. The third kappa shape index (κ3) is 4.57. The van der Waals surface area contributed by atoms with Gasteiger partial charge in [0.05, 0.1) is 18.3 Å². The SMILES string of the molecule is CCc1ccc(Cn2nnc(C(=O)NCC(O)c3ccncc3)c2C)cc1. The monoisotopic (exact) mass is 365 g/mol. The van der Waals surface area contributed by atoms with E-state index in [0.29, 0.717) is 17.8 Å². The van der Waals surface area contributed by atoms with Crippen LogP contribution in [-0.2, 0) is 13.0 Å². The highest BCUT2D eigenvalue weighted by molar-refractivity contribution is 5.93. The molecule has 1 atom stereocenters. The summed E-state index contributed by atoms with van der Waals surface area (Å²) >= 11 is 0. The Morgan fingerprint density at radius 1 is 1.15 bits per heavy atom. The highest BCUT2D eigenvalue weighted by atomic mass is 16.3. The molecule has 2 aromatic heterocycles. The predicted octanol–water partition coefficient (Wildman–Crippen LogP) is 2.06. The number of nitrogens with zero attached hydrogens (tertiary/aromatic N) is 4. The Kier molecular flexibility index (Phi) is 5.93. The van der Waals surface area contributed by atoms with E-state index in [2.05, 4.69) is 51.8 Å². The third-order valence-corrected chi connectivity index (χ3v) is 4.51. The second-order valence-corrected chi connectivity index (χ2v) is 6.36. The van der Waals surface area contributed by atoms with Crippen LogP contribution in [0.5, 0.6) is 0 Å². The van der Waals surface area contributed by atoms with Gasteiger partial charge in [-0.3, -0.25) is 9.78 Å². The van der Waals surface area contributed by atoms with Gasteiger partial charge in [-0.05, 0) is 42.2 Å². The van der Waals surface area contributed by atoms with Crippen molar-refractivity contribution in [3.8, 4) is 0 Å². The van der Waals surface area contributed by atoms with Crippen LogP contribution in [-0.4, -0.2) is 37.5 Å². The van der Waals surface area contributed by atoms with E-state index < -0.39 is 6.10 Å². The molecular formula is C20H23N5O2. The molecule has 7 heteroatoms. The molecule has 2 N–H and O–H groups in total. The standard InChI is InChI=1S/C20H23N5O2/c1-3-15-4-6-16(7-5-15)13-25-14(2)19(23-24-25)20(27)22-12-18(26)17-8-10-21-11-9-17/h4-11,18,26H,3,12-13H2,1-2H3,(H,22,27). The van der Waals surface area contributed by atoms with Gasteiger partial charge in [-0.25, -0.2) is 4.68 Å². The first-order valence-corrected chi connectivity index (χ1v) is 8.92. The summed E-state index contributed by atoms with van der Waals surface area (Å²) in [6.45, 7) is 4.57. The van der Waals surface area contributed by atoms with Gasteiger partial charge in [-0.15, -0.1) is 5.10 Å². The van der Waals surface area contributed by atoms with Crippen LogP contribution in [0.15, 0.2) is 48.8 Å². The molecule has 0 radical (unpaired) electrons. The maximum absolute atomic E-state index is 12.4. The molecule has 3 aromatic rings. The number of carbonyl (C=O) groups is 1. The molecule has 1 unspecified atom stereocenters. The van der Waals surface area contributed by atoms with Crippen LogP contribution >= 0.6 is 0 Å². The molecule has 0 saturated carbocycles. The van der Waals surface area contributed by atoms with Gasteiger partial charge >= 0.3 is 0 Å². The summed E-state index contributed by atoms with van der Waals surface area (Å²) in [5.74, 6) is -0.354. The summed E-state index contributed by atoms with van der Waals surface area (Å²) in [6, 6.07) is 11.7. The molecule has 3 rings (SSSR count). The van der Waals surface area contributed by atoms with Crippen LogP contribution in [0.3, 0.4) is 0 Å². The number of amides is 1. The smallest absolute Gasteiger partial charge is 0.273 e. The molecule has 0 aliphatic heterocycles. The Balaban J connectivity index is 1.62. The number of aliphatic hydroxyl groups excluding tert-OH is 1. The van der Waals surface area contributed by atoms with Gasteiger partial charge in [-0.2, -0.15) is 0 Å². The minimum absolute atomic E-state index is 0.0909. The van der Waals surface area contributed by atoms with Crippen molar-refractivity contribution in [3.05, 3.63) is 76.9 Å². The molecule has 0 aliphatic carbocycles. The zero-order valence-electron chi connectivity index (χ0n) is 15.5. The molecule has 1 aromatic carbocycles. The number of hydrogen-bond acceptors (Lipinski definition) is 5. The Morgan fingerprint density at radius 2 is 1.81 bits per heavy atom. The van der Waals surface area contributed by atoms with E-state index in [9.17, 15) is 9.90 Å². The van der Waals surface area contributed by atoms with Crippen LogP contribution in [0.25, 0.3) is 0 Å². The van der Waals surface area contributed by atoms with Crippen molar-refractivity contribution in [2.75, 3.05) is 6.54 Å². The van der Waals surface area contributed by atoms with Crippen LogP contribution in [0.2, 0.25) is 0 Å². The predicted molar refractivity (Wildman–Crippen MR) is 101 cm³/mol. The minimum atomic E-state index is -0.801. The zero-order chi connectivity index (χ0) is 19.2. The second kappa shape index (κ2) is 8.55. The molecule has 27 heavy (non-hydrogen) atoms. The first-order chi connectivity index (χ1) is 13.1. The zero-order valence-corrected chi connectivity index (χ0v) is 15.5. The van der Waals surface area contributed by atoms with E-state index in [1.165, 1.54) is 5.56 Å². The van der Waals surface area contributed by atoms with E-state index in [1.54, 1.807) is 29.2 Å².